The Hall–Kier alpha value is -3.28. The van der Waals surface area contributed by atoms with E-state index in [-0.39, 0.29) is 5.91 Å². The van der Waals surface area contributed by atoms with Crippen LogP contribution in [0.25, 0.3) is 10.9 Å². The second kappa shape index (κ2) is 6.87. The molecule has 24 heavy (non-hydrogen) atoms. The van der Waals surface area contributed by atoms with Crippen LogP contribution in [0.5, 0.6) is 0 Å². The van der Waals surface area contributed by atoms with Crippen LogP contribution in [0.15, 0.2) is 55.3 Å². The Bertz CT molecular complexity index is 902. The first kappa shape index (κ1) is 15.6. The second-order valence-corrected chi connectivity index (χ2v) is 5.19. The Balaban J connectivity index is 1.89. The summed E-state index contributed by atoms with van der Waals surface area (Å²) >= 11 is 0. The van der Waals surface area contributed by atoms with E-state index in [1.165, 1.54) is 0 Å². The maximum Gasteiger partial charge on any atom is 0.274 e. The number of pyridine rings is 1. The maximum absolute atomic E-state index is 12.6. The molecule has 0 radical (unpaired) electrons. The van der Waals surface area contributed by atoms with Gasteiger partial charge in [-0.15, -0.1) is 6.58 Å². The molecule has 0 unspecified atom stereocenters. The van der Waals surface area contributed by atoms with Gasteiger partial charge in [-0.1, -0.05) is 24.3 Å². The summed E-state index contributed by atoms with van der Waals surface area (Å²) in [5.74, 6) is 0.800. The summed E-state index contributed by atoms with van der Waals surface area (Å²) in [6.07, 6.45) is 3.42. The van der Waals surface area contributed by atoms with Gasteiger partial charge in [0.15, 0.2) is 0 Å². The number of amides is 1. The van der Waals surface area contributed by atoms with Crippen molar-refractivity contribution < 1.29 is 4.79 Å². The van der Waals surface area contributed by atoms with Crippen LogP contribution in [0.3, 0.4) is 0 Å². The SMILES string of the molecule is C=CCNc1cc(C(=O)Nc2cccc3cccnc23)nc(C)n1. The fourth-order valence-electron chi connectivity index (χ4n) is 2.34. The van der Waals surface area contributed by atoms with Crippen LogP contribution < -0.4 is 10.6 Å². The van der Waals surface area contributed by atoms with E-state index in [4.69, 9.17) is 0 Å². The predicted octanol–water partition coefficient (Wildman–Crippen LogP) is 3.18. The van der Waals surface area contributed by atoms with Crippen LogP contribution in [-0.4, -0.2) is 27.4 Å². The van der Waals surface area contributed by atoms with E-state index in [0.29, 0.717) is 29.6 Å². The van der Waals surface area contributed by atoms with Crippen LogP contribution in [-0.2, 0) is 0 Å². The number of anilines is 2. The molecule has 0 aliphatic rings. The number of carbonyl (C=O) groups is 1. The van der Waals surface area contributed by atoms with Gasteiger partial charge in [0.05, 0.1) is 11.2 Å². The van der Waals surface area contributed by atoms with Crippen molar-refractivity contribution in [2.45, 2.75) is 6.92 Å². The lowest BCUT2D eigenvalue weighted by molar-refractivity contribution is 0.102. The van der Waals surface area contributed by atoms with Crippen LogP contribution in [0, 0.1) is 6.92 Å². The van der Waals surface area contributed by atoms with Gasteiger partial charge in [-0.3, -0.25) is 9.78 Å². The molecule has 0 fully saturated rings. The lowest BCUT2D eigenvalue weighted by atomic mass is 10.2. The summed E-state index contributed by atoms with van der Waals surface area (Å²) in [5, 5.41) is 6.90. The van der Waals surface area contributed by atoms with Crippen molar-refractivity contribution in [3.05, 3.63) is 66.8 Å². The summed E-state index contributed by atoms with van der Waals surface area (Å²) in [6, 6.07) is 11.1. The van der Waals surface area contributed by atoms with Crippen molar-refractivity contribution in [1.29, 1.82) is 0 Å². The van der Waals surface area contributed by atoms with Gasteiger partial charge < -0.3 is 10.6 Å². The van der Waals surface area contributed by atoms with Crippen molar-refractivity contribution >= 4 is 28.3 Å². The monoisotopic (exact) mass is 319 g/mol. The molecule has 120 valence electrons. The molecule has 0 aliphatic carbocycles. The van der Waals surface area contributed by atoms with Gasteiger partial charge in [0, 0.05) is 24.2 Å². The van der Waals surface area contributed by atoms with E-state index in [2.05, 4.69) is 32.2 Å². The zero-order valence-corrected chi connectivity index (χ0v) is 13.3. The van der Waals surface area contributed by atoms with Crippen molar-refractivity contribution in [2.24, 2.45) is 0 Å². The molecule has 0 aliphatic heterocycles. The number of hydrogen-bond acceptors (Lipinski definition) is 5. The van der Waals surface area contributed by atoms with E-state index in [1.807, 2.05) is 30.3 Å². The van der Waals surface area contributed by atoms with E-state index in [0.717, 1.165) is 10.9 Å². The average Bonchev–Trinajstić information content (AvgIpc) is 2.60. The number of fused-ring (bicyclic) bond motifs is 1. The average molecular weight is 319 g/mol. The summed E-state index contributed by atoms with van der Waals surface area (Å²) in [6.45, 7) is 5.95. The number of benzene rings is 1. The Kier molecular flexibility index (Phi) is 4.47. The predicted molar refractivity (Wildman–Crippen MR) is 95.2 cm³/mol. The van der Waals surface area contributed by atoms with Gasteiger partial charge >= 0.3 is 0 Å². The fraction of sp³-hybridized carbons (Fsp3) is 0.111. The highest BCUT2D eigenvalue weighted by atomic mass is 16.1. The molecule has 2 N–H and O–H groups in total. The van der Waals surface area contributed by atoms with Crippen molar-refractivity contribution in [1.82, 2.24) is 15.0 Å². The first-order valence-corrected chi connectivity index (χ1v) is 7.53. The Labute approximate surface area is 139 Å². The molecule has 3 aromatic rings. The molecule has 0 spiro atoms. The van der Waals surface area contributed by atoms with Gasteiger partial charge in [-0.25, -0.2) is 9.97 Å². The van der Waals surface area contributed by atoms with E-state index < -0.39 is 0 Å². The molecule has 6 nitrogen and oxygen atoms in total. The highest BCUT2D eigenvalue weighted by Crippen LogP contribution is 2.21. The number of nitrogens with one attached hydrogen (secondary N) is 2. The van der Waals surface area contributed by atoms with Crippen LogP contribution in [0.1, 0.15) is 16.3 Å². The number of carbonyl (C=O) groups excluding carboxylic acids is 1. The maximum atomic E-state index is 12.6. The lowest BCUT2D eigenvalue weighted by Gasteiger charge is -2.09. The van der Waals surface area contributed by atoms with Gasteiger partial charge in [-0.05, 0) is 19.1 Å². The number of rotatable bonds is 5. The molecule has 0 saturated carbocycles. The summed E-state index contributed by atoms with van der Waals surface area (Å²) < 4.78 is 0. The smallest absolute Gasteiger partial charge is 0.274 e. The largest absolute Gasteiger partial charge is 0.366 e. The lowest BCUT2D eigenvalue weighted by Crippen LogP contribution is -2.16. The number of aryl methyl sites for hydroxylation is 1. The second-order valence-electron chi connectivity index (χ2n) is 5.19. The van der Waals surface area contributed by atoms with Gasteiger partial charge in [-0.2, -0.15) is 0 Å². The quantitative estimate of drug-likeness (QED) is 0.706. The third-order valence-corrected chi connectivity index (χ3v) is 3.38. The Morgan fingerprint density at radius 2 is 2.08 bits per heavy atom. The first-order valence-electron chi connectivity index (χ1n) is 7.53. The number of para-hydroxylation sites is 1. The zero-order valence-electron chi connectivity index (χ0n) is 13.3. The first-order chi connectivity index (χ1) is 11.7. The molecule has 0 bridgehead atoms. The molecule has 0 atom stereocenters. The molecular formula is C18H17N5O. The molecule has 3 rings (SSSR count). The molecule has 2 heterocycles. The van der Waals surface area contributed by atoms with E-state index >= 15 is 0 Å². The fourth-order valence-corrected chi connectivity index (χ4v) is 2.34. The number of aromatic nitrogens is 3. The summed E-state index contributed by atoms with van der Waals surface area (Å²) in [5.41, 5.74) is 1.68. The van der Waals surface area contributed by atoms with Gasteiger partial charge in [0.1, 0.15) is 17.3 Å². The number of hydrogen-bond donors (Lipinski definition) is 2. The zero-order chi connectivity index (χ0) is 16.9. The van der Waals surface area contributed by atoms with Crippen LogP contribution >= 0.6 is 0 Å². The minimum atomic E-state index is -0.305. The van der Waals surface area contributed by atoms with E-state index in [1.54, 1.807) is 25.3 Å². The van der Waals surface area contributed by atoms with Crippen LogP contribution in [0.4, 0.5) is 11.5 Å². The topological polar surface area (TPSA) is 79.8 Å². The standard InChI is InChI=1S/C18H17N5O/c1-3-9-19-16-11-15(21-12(2)22-16)18(24)23-14-8-4-6-13-7-5-10-20-17(13)14/h3-8,10-11H,1,9H2,2H3,(H,23,24)(H,19,21,22). The summed E-state index contributed by atoms with van der Waals surface area (Å²) in [7, 11) is 0. The molecule has 6 heteroatoms. The van der Waals surface area contributed by atoms with Crippen molar-refractivity contribution in [2.75, 3.05) is 17.2 Å². The normalized spacial score (nSPS) is 10.4. The van der Waals surface area contributed by atoms with Crippen LogP contribution in [0.2, 0.25) is 0 Å². The van der Waals surface area contributed by atoms with Crippen molar-refractivity contribution in [3.8, 4) is 0 Å². The summed E-state index contributed by atoms with van der Waals surface area (Å²) in [4.78, 5) is 25.3. The number of nitrogens with zero attached hydrogens (tertiary/aromatic N) is 3. The molecular weight excluding hydrogens is 302 g/mol. The highest BCUT2D eigenvalue weighted by molar-refractivity contribution is 6.07. The van der Waals surface area contributed by atoms with E-state index in [9.17, 15) is 4.79 Å². The molecule has 2 aromatic heterocycles. The van der Waals surface area contributed by atoms with Crippen molar-refractivity contribution in [3.63, 3.8) is 0 Å². The minimum Gasteiger partial charge on any atom is -0.366 e. The third-order valence-electron chi connectivity index (χ3n) is 3.38. The molecule has 1 amide bonds. The Morgan fingerprint density at radius 3 is 2.92 bits per heavy atom. The molecule has 0 saturated heterocycles. The Morgan fingerprint density at radius 1 is 1.25 bits per heavy atom. The van der Waals surface area contributed by atoms with Gasteiger partial charge in [0.25, 0.3) is 5.91 Å². The van der Waals surface area contributed by atoms with Gasteiger partial charge in [0.2, 0.25) is 0 Å². The highest BCUT2D eigenvalue weighted by Gasteiger charge is 2.12. The molecule has 1 aromatic carbocycles. The third kappa shape index (κ3) is 3.38. The minimum absolute atomic E-state index is 0.294.